The SMILES string of the molecule is Cc1cnc(CO)c(CN)c1C(F)F. The molecule has 0 saturated carbocycles. The van der Waals surface area contributed by atoms with Gasteiger partial charge in [-0.3, -0.25) is 4.98 Å². The lowest BCUT2D eigenvalue weighted by molar-refractivity contribution is 0.148. The van der Waals surface area contributed by atoms with Gasteiger partial charge < -0.3 is 10.8 Å². The van der Waals surface area contributed by atoms with E-state index in [9.17, 15) is 8.78 Å². The number of pyridine rings is 1. The summed E-state index contributed by atoms with van der Waals surface area (Å²) in [4.78, 5) is 3.85. The number of hydrogen-bond donors (Lipinski definition) is 2. The Morgan fingerprint density at radius 1 is 1.57 bits per heavy atom. The first kappa shape index (κ1) is 11.0. The third kappa shape index (κ3) is 1.88. The van der Waals surface area contributed by atoms with E-state index in [0.717, 1.165) is 0 Å². The molecule has 0 bridgehead atoms. The molecule has 0 spiro atoms. The Labute approximate surface area is 80.6 Å². The van der Waals surface area contributed by atoms with Crippen molar-refractivity contribution in [1.29, 1.82) is 0 Å². The molecule has 5 heteroatoms. The Morgan fingerprint density at radius 3 is 2.64 bits per heavy atom. The standard InChI is InChI=1S/C9H12F2N2O/c1-5-3-13-7(4-14)6(2-12)8(5)9(10)11/h3,9,14H,2,4,12H2,1H3. The van der Waals surface area contributed by atoms with Crippen molar-refractivity contribution in [2.24, 2.45) is 5.73 Å². The normalized spacial score (nSPS) is 11.0. The predicted octanol–water partition coefficient (Wildman–Crippen LogP) is 1.28. The lowest BCUT2D eigenvalue weighted by atomic mass is 10.0. The molecular weight excluding hydrogens is 190 g/mol. The average Bonchev–Trinajstić information content (AvgIpc) is 2.16. The second-order valence-electron chi connectivity index (χ2n) is 2.94. The fourth-order valence-corrected chi connectivity index (χ4v) is 1.38. The van der Waals surface area contributed by atoms with Crippen molar-refractivity contribution in [3.05, 3.63) is 28.6 Å². The predicted molar refractivity (Wildman–Crippen MR) is 47.7 cm³/mol. The highest BCUT2D eigenvalue weighted by molar-refractivity contribution is 5.36. The molecule has 1 rings (SSSR count). The summed E-state index contributed by atoms with van der Waals surface area (Å²) >= 11 is 0. The van der Waals surface area contributed by atoms with Gasteiger partial charge in [0.15, 0.2) is 0 Å². The number of aryl methyl sites for hydroxylation is 1. The summed E-state index contributed by atoms with van der Waals surface area (Å²) in [6.07, 6.45) is -1.26. The highest BCUT2D eigenvalue weighted by Crippen LogP contribution is 2.27. The lowest BCUT2D eigenvalue weighted by Crippen LogP contribution is -2.10. The van der Waals surface area contributed by atoms with E-state index >= 15 is 0 Å². The summed E-state index contributed by atoms with van der Waals surface area (Å²) < 4.78 is 25.3. The summed E-state index contributed by atoms with van der Waals surface area (Å²) in [5.41, 5.74) is 6.13. The maximum Gasteiger partial charge on any atom is 0.264 e. The van der Waals surface area contributed by atoms with Gasteiger partial charge in [-0.15, -0.1) is 0 Å². The second kappa shape index (κ2) is 4.43. The first-order valence-electron chi connectivity index (χ1n) is 4.18. The number of hydrogen-bond acceptors (Lipinski definition) is 3. The highest BCUT2D eigenvalue weighted by Gasteiger charge is 2.18. The average molecular weight is 202 g/mol. The lowest BCUT2D eigenvalue weighted by Gasteiger charge is -2.13. The molecule has 1 aromatic rings. The third-order valence-corrected chi connectivity index (χ3v) is 2.08. The number of aromatic nitrogens is 1. The monoisotopic (exact) mass is 202 g/mol. The van der Waals surface area contributed by atoms with Gasteiger partial charge in [-0.25, -0.2) is 8.78 Å². The zero-order chi connectivity index (χ0) is 10.7. The van der Waals surface area contributed by atoms with Gasteiger partial charge in [0.05, 0.1) is 12.3 Å². The van der Waals surface area contributed by atoms with Crippen LogP contribution in [0.25, 0.3) is 0 Å². The number of aliphatic hydroxyl groups excluding tert-OH is 1. The maximum atomic E-state index is 12.6. The molecule has 0 aromatic carbocycles. The van der Waals surface area contributed by atoms with Crippen LogP contribution in [0.1, 0.15) is 28.8 Å². The molecular formula is C9H12F2N2O. The van der Waals surface area contributed by atoms with E-state index in [2.05, 4.69) is 4.98 Å². The van der Waals surface area contributed by atoms with Gasteiger partial charge in [0.1, 0.15) is 0 Å². The molecule has 78 valence electrons. The van der Waals surface area contributed by atoms with Gasteiger partial charge in [-0.05, 0) is 18.1 Å². The molecule has 0 radical (unpaired) electrons. The molecule has 0 fully saturated rings. The summed E-state index contributed by atoms with van der Waals surface area (Å²) in [7, 11) is 0. The van der Waals surface area contributed by atoms with Crippen molar-refractivity contribution in [3.8, 4) is 0 Å². The molecule has 3 nitrogen and oxygen atoms in total. The Balaban J connectivity index is 3.35. The van der Waals surface area contributed by atoms with Crippen LogP contribution in [0.3, 0.4) is 0 Å². The molecule has 0 amide bonds. The van der Waals surface area contributed by atoms with Gasteiger partial charge in [0, 0.05) is 18.3 Å². The minimum atomic E-state index is -2.58. The van der Waals surface area contributed by atoms with Crippen LogP contribution >= 0.6 is 0 Å². The van der Waals surface area contributed by atoms with Crippen molar-refractivity contribution in [2.75, 3.05) is 0 Å². The number of nitrogens with two attached hydrogens (primary N) is 1. The number of nitrogens with zero attached hydrogens (tertiary/aromatic N) is 1. The number of alkyl halides is 2. The Kier molecular flexibility index (Phi) is 3.49. The van der Waals surface area contributed by atoms with Crippen LogP contribution in [0.4, 0.5) is 8.78 Å². The third-order valence-electron chi connectivity index (χ3n) is 2.08. The van der Waals surface area contributed by atoms with Gasteiger partial charge in [-0.2, -0.15) is 0 Å². The van der Waals surface area contributed by atoms with Gasteiger partial charge >= 0.3 is 0 Å². The molecule has 0 unspecified atom stereocenters. The van der Waals surface area contributed by atoms with Crippen LogP contribution in [0.5, 0.6) is 0 Å². The molecule has 0 aliphatic carbocycles. The number of halogens is 2. The minimum Gasteiger partial charge on any atom is -0.390 e. The quantitative estimate of drug-likeness (QED) is 0.776. The summed E-state index contributed by atoms with van der Waals surface area (Å²) in [5, 5.41) is 8.88. The summed E-state index contributed by atoms with van der Waals surface area (Å²) in [5.74, 6) is 0. The van der Waals surface area contributed by atoms with E-state index in [0.29, 0.717) is 5.56 Å². The van der Waals surface area contributed by atoms with Crippen molar-refractivity contribution < 1.29 is 13.9 Å². The first-order valence-corrected chi connectivity index (χ1v) is 4.18. The zero-order valence-electron chi connectivity index (χ0n) is 7.80. The summed E-state index contributed by atoms with van der Waals surface area (Å²) in [6, 6.07) is 0. The molecule has 0 aliphatic rings. The molecule has 0 atom stereocenters. The highest BCUT2D eigenvalue weighted by atomic mass is 19.3. The van der Waals surface area contributed by atoms with Gasteiger partial charge in [-0.1, -0.05) is 0 Å². The molecule has 0 aliphatic heterocycles. The van der Waals surface area contributed by atoms with Crippen molar-refractivity contribution >= 4 is 0 Å². The minimum absolute atomic E-state index is 0.0375. The fraction of sp³-hybridized carbons (Fsp3) is 0.444. The van der Waals surface area contributed by atoms with Crippen LogP contribution in [0.2, 0.25) is 0 Å². The van der Waals surface area contributed by atoms with E-state index in [1.54, 1.807) is 6.92 Å². The van der Waals surface area contributed by atoms with E-state index in [-0.39, 0.29) is 30.0 Å². The van der Waals surface area contributed by atoms with E-state index in [1.165, 1.54) is 6.20 Å². The number of rotatable bonds is 3. The molecule has 14 heavy (non-hydrogen) atoms. The van der Waals surface area contributed by atoms with Crippen LogP contribution in [-0.2, 0) is 13.2 Å². The van der Waals surface area contributed by atoms with Crippen molar-refractivity contribution in [2.45, 2.75) is 26.5 Å². The van der Waals surface area contributed by atoms with Crippen molar-refractivity contribution in [3.63, 3.8) is 0 Å². The molecule has 1 aromatic heterocycles. The molecule has 1 heterocycles. The Bertz CT molecular complexity index is 329. The van der Waals surface area contributed by atoms with Crippen LogP contribution < -0.4 is 5.73 Å². The summed E-state index contributed by atoms with van der Waals surface area (Å²) in [6.45, 7) is 1.14. The Morgan fingerprint density at radius 2 is 2.21 bits per heavy atom. The fourth-order valence-electron chi connectivity index (χ4n) is 1.38. The molecule has 3 N–H and O–H groups in total. The Hall–Kier alpha value is -1.07. The van der Waals surface area contributed by atoms with Gasteiger partial charge in [0.25, 0.3) is 6.43 Å². The zero-order valence-corrected chi connectivity index (χ0v) is 7.80. The number of aliphatic hydroxyl groups is 1. The van der Waals surface area contributed by atoms with Crippen LogP contribution in [0.15, 0.2) is 6.20 Å². The van der Waals surface area contributed by atoms with E-state index in [4.69, 9.17) is 10.8 Å². The van der Waals surface area contributed by atoms with Crippen LogP contribution in [0, 0.1) is 6.92 Å². The topological polar surface area (TPSA) is 59.1 Å². The van der Waals surface area contributed by atoms with Gasteiger partial charge in [0.2, 0.25) is 0 Å². The molecule has 0 saturated heterocycles. The van der Waals surface area contributed by atoms with Crippen molar-refractivity contribution in [1.82, 2.24) is 4.98 Å². The largest absolute Gasteiger partial charge is 0.390 e. The smallest absolute Gasteiger partial charge is 0.264 e. The van der Waals surface area contributed by atoms with Crippen LogP contribution in [-0.4, -0.2) is 10.1 Å². The second-order valence-corrected chi connectivity index (χ2v) is 2.94. The maximum absolute atomic E-state index is 12.6. The van der Waals surface area contributed by atoms with E-state index in [1.807, 2.05) is 0 Å². The van der Waals surface area contributed by atoms with E-state index < -0.39 is 6.43 Å². The first-order chi connectivity index (χ1) is 6.61.